The largest absolute Gasteiger partial charge is 0.497 e. The molecule has 0 spiro atoms. The van der Waals surface area contributed by atoms with Crippen molar-refractivity contribution in [3.63, 3.8) is 0 Å². The SMILES string of the molecule is CCOC(OCC)C(C)(C)COc1ccc(OC)cc1C=O. The van der Waals surface area contributed by atoms with Crippen LogP contribution in [0.2, 0.25) is 0 Å². The third kappa shape index (κ3) is 5.00. The monoisotopic (exact) mass is 310 g/mol. The molecule has 0 aliphatic heterocycles. The van der Waals surface area contributed by atoms with E-state index < -0.39 is 0 Å². The first-order valence-electron chi connectivity index (χ1n) is 7.47. The second kappa shape index (κ2) is 8.76. The molecule has 0 heterocycles. The van der Waals surface area contributed by atoms with Crippen LogP contribution < -0.4 is 9.47 Å². The summed E-state index contributed by atoms with van der Waals surface area (Å²) in [6, 6.07) is 5.14. The molecular formula is C17H26O5. The van der Waals surface area contributed by atoms with Crippen LogP contribution >= 0.6 is 0 Å². The predicted octanol–water partition coefficient (Wildman–Crippen LogP) is 3.31. The van der Waals surface area contributed by atoms with Crippen molar-refractivity contribution in [2.24, 2.45) is 5.41 Å². The Labute approximate surface area is 132 Å². The topological polar surface area (TPSA) is 54.0 Å². The van der Waals surface area contributed by atoms with Crippen LogP contribution in [0.15, 0.2) is 18.2 Å². The molecule has 124 valence electrons. The molecule has 0 amide bonds. The van der Waals surface area contributed by atoms with Gasteiger partial charge in [-0.3, -0.25) is 4.79 Å². The van der Waals surface area contributed by atoms with Crippen molar-refractivity contribution >= 4 is 6.29 Å². The number of aldehydes is 1. The van der Waals surface area contributed by atoms with Gasteiger partial charge in [-0.2, -0.15) is 0 Å². The van der Waals surface area contributed by atoms with E-state index in [-0.39, 0.29) is 11.7 Å². The average molecular weight is 310 g/mol. The van der Waals surface area contributed by atoms with Crippen molar-refractivity contribution in [2.45, 2.75) is 34.0 Å². The third-order valence-corrected chi connectivity index (χ3v) is 3.22. The van der Waals surface area contributed by atoms with Gasteiger partial charge in [0.25, 0.3) is 0 Å². The molecule has 0 aliphatic carbocycles. The number of rotatable bonds is 10. The molecule has 0 N–H and O–H groups in total. The number of benzene rings is 1. The van der Waals surface area contributed by atoms with Crippen molar-refractivity contribution < 1.29 is 23.7 Å². The Kier molecular flexibility index (Phi) is 7.35. The normalized spacial score (nSPS) is 11.5. The Morgan fingerprint density at radius 3 is 2.32 bits per heavy atom. The van der Waals surface area contributed by atoms with Crippen molar-refractivity contribution in [3.05, 3.63) is 23.8 Å². The summed E-state index contributed by atoms with van der Waals surface area (Å²) in [5.41, 5.74) is 0.103. The lowest BCUT2D eigenvalue weighted by molar-refractivity contribution is -0.201. The van der Waals surface area contributed by atoms with Crippen LogP contribution in [0, 0.1) is 5.41 Å². The molecule has 0 saturated heterocycles. The Morgan fingerprint density at radius 1 is 1.18 bits per heavy atom. The van der Waals surface area contributed by atoms with E-state index >= 15 is 0 Å². The van der Waals surface area contributed by atoms with Gasteiger partial charge >= 0.3 is 0 Å². The molecule has 0 saturated carbocycles. The number of carbonyl (C=O) groups excluding carboxylic acids is 1. The van der Waals surface area contributed by atoms with E-state index in [4.69, 9.17) is 18.9 Å². The van der Waals surface area contributed by atoms with E-state index in [1.54, 1.807) is 25.3 Å². The van der Waals surface area contributed by atoms with Crippen molar-refractivity contribution in [1.82, 2.24) is 0 Å². The van der Waals surface area contributed by atoms with Gasteiger partial charge in [0, 0.05) is 18.6 Å². The zero-order valence-electron chi connectivity index (χ0n) is 14.0. The lowest BCUT2D eigenvalue weighted by Crippen LogP contribution is -2.39. The zero-order chi connectivity index (χ0) is 16.6. The number of methoxy groups -OCH3 is 1. The van der Waals surface area contributed by atoms with Gasteiger partial charge in [0.2, 0.25) is 0 Å². The summed E-state index contributed by atoms with van der Waals surface area (Å²) in [5, 5.41) is 0. The van der Waals surface area contributed by atoms with E-state index in [1.807, 2.05) is 27.7 Å². The van der Waals surface area contributed by atoms with Gasteiger partial charge in [0.15, 0.2) is 12.6 Å². The molecule has 1 aromatic rings. The molecular weight excluding hydrogens is 284 g/mol. The maximum absolute atomic E-state index is 11.2. The molecule has 0 unspecified atom stereocenters. The molecule has 22 heavy (non-hydrogen) atoms. The van der Waals surface area contributed by atoms with E-state index in [1.165, 1.54) is 0 Å². The Hall–Kier alpha value is -1.59. The zero-order valence-corrected chi connectivity index (χ0v) is 14.0. The second-order valence-corrected chi connectivity index (χ2v) is 5.54. The third-order valence-electron chi connectivity index (χ3n) is 3.22. The first-order valence-corrected chi connectivity index (χ1v) is 7.47. The van der Waals surface area contributed by atoms with Crippen molar-refractivity contribution in [1.29, 1.82) is 0 Å². The maximum Gasteiger partial charge on any atom is 0.165 e. The number of carbonyl (C=O) groups is 1. The first-order chi connectivity index (χ1) is 10.5. The smallest absolute Gasteiger partial charge is 0.165 e. The van der Waals surface area contributed by atoms with Crippen LogP contribution in [0.3, 0.4) is 0 Å². The molecule has 0 aromatic heterocycles. The number of hydrogen-bond acceptors (Lipinski definition) is 5. The fraction of sp³-hybridized carbons (Fsp3) is 0.588. The van der Waals surface area contributed by atoms with Crippen LogP contribution in [0.25, 0.3) is 0 Å². The van der Waals surface area contributed by atoms with E-state index in [0.29, 0.717) is 36.9 Å². The molecule has 5 nitrogen and oxygen atoms in total. The van der Waals surface area contributed by atoms with Gasteiger partial charge in [-0.1, -0.05) is 13.8 Å². The molecule has 1 rings (SSSR count). The minimum Gasteiger partial charge on any atom is -0.497 e. The second-order valence-electron chi connectivity index (χ2n) is 5.54. The Balaban J connectivity index is 2.80. The predicted molar refractivity (Wildman–Crippen MR) is 84.7 cm³/mol. The minimum atomic E-state index is -0.361. The van der Waals surface area contributed by atoms with Gasteiger partial charge in [-0.05, 0) is 32.0 Å². The summed E-state index contributed by atoms with van der Waals surface area (Å²) in [7, 11) is 1.56. The van der Waals surface area contributed by atoms with Crippen LogP contribution in [0.5, 0.6) is 11.5 Å². The lowest BCUT2D eigenvalue weighted by Gasteiger charge is -2.33. The van der Waals surface area contributed by atoms with Crippen LogP contribution in [-0.2, 0) is 9.47 Å². The molecule has 5 heteroatoms. The lowest BCUT2D eigenvalue weighted by atomic mass is 9.93. The summed E-state index contributed by atoms with van der Waals surface area (Å²) in [4.78, 5) is 11.2. The molecule has 0 aliphatic rings. The highest BCUT2D eigenvalue weighted by molar-refractivity contribution is 5.80. The van der Waals surface area contributed by atoms with E-state index in [2.05, 4.69) is 0 Å². The molecule has 0 bridgehead atoms. The fourth-order valence-electron chi connectivity index (χ4n) is 2.01. The molecule has 0 atom stereocenters. The van der Waals surface area contributed by atoms with Gasteiger partial charge < -0.3 is 18.9 Å². The molecule has 0 fully saturated rings. The number of hydrogen-bond donors (Lipinski definition) is 0. The summed E-state index contributed by atoms with van der Waals surface area (Å²) < 4.78 is 22.2. The van der Waals surface area contributed by atoms with E-state index in [0.717, 1.165) is 6.29 Å². The summed E-state index contributed by atoms with van der Waals surface area (Å²) in [6.07, 6.45) is 0.397. The summed E-state index contributed by atoms with van der Waals surface area (Å²) in [5.74, 6) is 1.14. The van der Waals surface area contributed by atoms with Crippen LogP contribution in [-0.4, -0.2) is 39.5 Å². The van der Waals surface area contributed by atoms with Crippen molar-refractivity contribution in [2.75, 3.05) is 26.9 Å². The maximum atomic E-state index is 11.2. The van der Waals surface area contributed by atoms with Gasteiger partial charge in [0.05, 0.1) is 19.3 Å². The highest BCUT2D eigenvalue weighted by atomic mass is 16.7. The van der Waals surface area contributed by atoms with Gasteiger partial charge in [-0.25, -0.2) is 0 Å². The minimum absolute atomic E-state index is 0.355. The van der Waals surface area contributed by atoms with Crippen molar-refractivity contribution in [3.8, 4) is 11.5 Å². The molecule has 1 aromatic carbocycles. The Morgan fingerprint density at radius 2 is 1.82 bits per heavy atom. The fourth-order valence-corrected chi connectivity index (χ4v) is 2.01. The summed E-state index contributed by atoms with van der Waals surface area (Å²) in [6.45, 7) is 9.37. The highest BCUT2D eigenvalue weighted by Crippen LogP contribution is 2.28. The van der Waals surface area contributed by atoms with Crippen LogP contribution in [0.1, 0.15) is 38.1 Å². The van der Waals surface area contributed by atoms with Crippen LogP contribution in [0.4, 0.5) is 0 Å². The average Bonchev–Trinajstić information content (AvgIpc) is 2.52. The quantitative estimate of drug-likeness (QED) is 0.490. The first kappa shape index (κ1) is 18.5. The van der Waals surface area contributed by atoms with Gasteiger partial charge in [-0.15, -0.1) is 0 Å². The highest BCUT2D eigenvalue weighted by Gasteiger charge is 2.32. The number of ether oxygens (including phenoxy) is 4. The van der Waals surface area contributed by atoms with Gasteiger partial charge in [0.1, 0.15) is 11.5 Å². The standard InChI is InChI=1S/C17H26O5/c1-6-20-16(21-7-2)17(3,4)12-22-15-9-8-14(19-5)10-13(15)11-18/h8-11,16H,6-7,12H2,1-5H3. The molecule has 0 radical (unpaired) electrons. The van der Waals surface area contributed by atoms with E-state index in [9.17, 15) is 4.79 Å². The Bertz CT molecular complexity index is 464. The summed E-state index contributed by atoms with van der Waals surface area (Å²) >= 11 is 0.